The summed E-state index contributed by atoms with van der Waals surface area (Å²) in [7, 11) is 0. The summed E-state index contributed by atoms with van der Waals surface area (Å²) < 4.78 is 12.1. The number of ether oxygens (including phenoxy) is 2. The molecule has 2 aliphatic rings. The third kappa shape index (κ3) is 2.30. The molecule has 3 aromatic rings. The van der Waals surface area contributed by atoms with Crippen molar-refractivity contribution in [2.24, 2.45) is 0 Å². The van der Waals surface area contributed by atoms with Crippen LogP contribution in [-0.4, -0.2) is 32.5 Å². The van der Waals surface area contributed by atoms with Crippen LogP contribution < -0.4 is 10.3 Å². The average molecular weight is 394 g/mol. The van der Waals surface area contributed by atoms with Crippen molar-refractivity contribution in [1.82, 2.24) is 9.55 Å². The smallest absolute Gasteiger partial charge is 0.343 e. The molecule has 5 rings (SSSR count). The second-order valence-corrected chi connectivity index (χ2v) is 7.16. The number of nitrogens with zero attached hydrogens (tertiary/aromatic N) is 2. The van der Waals surface area contributed by atoms with Gasteiger partial charge in [-0.25, -0.2) is 9.78 Å². The number of hydrogen-bond acceptors (Lipinski definition) is 7. The molecule has 29 heavy (non-hydrogen) atoms. The molecule has 0 bridgehead atoms. The first-order valence-corrected chi connectivity index (χ1v) is 9.32. The van der Waals surface area contributed by atoms with Crippen LogP contribution in [0.3, 0.4) is 0 Å². The molecule has 8 heteroatoms. The molecule has 4 heterocycles. The van der Waals surface area contributed by atoms with E-state index in [2.05, 4.69) is 0 Å². The van der Waals surface area contributed by atoms with Crippen LogP contribution in [0.15, 0.2) is 35.1 Å². The number of pyridine rings is 2. The number of para-hydroxylation sites is 1. The van der Waals surface area contributed by atoms with Crippen molar-refractivity contribution in [3.8, 4) is 17.1 Å². The predicted molar refractivity (Wildman–Crippen MR) is 102 cm³/mol. The molecule has 0 radical (unpaired) electrons. The largest absolute Gasteiger partial charge is 0.467 e. The van der Waals surface area contributed by atoms with Gasteiger partial charge in [0.05, 0.1) is 29.0 Å². The van der Waals surface area contributed by atoms with Gasteiger partial charge in [-0.1, -0.05) is 19.1 Å². The van der Waals surface area contributed by atoms with Crippen LogP contribution in [-0.2, 0) is 28.3 Å². The van der Waals surface area contributed by atoms with Crippen molar-refractivity contribution in [1.29, 1.82) is 0 Å². The van der Waals surface area contributed by atoms with Gasteiger partial charge < -0.3 is 24.3 Å². The Morgan fingerprint density at radius 2 is 2.07 bits per heavy atom. The molecule has 2 aliphatic heterocycles. The quantitative estimate of drug-likeness (QED) is 0.399. The Balaban J connectivity index is 1.83. The molecule has 148 valence electrons. The molecule has 0 aliphatic carbocycles. The Hall–Kier alpha value is -3.23. The van der Waals surface area contributed by atoms with Crippen molar-refractivity contribution in [3.05, 3.63) is 57.4 Å². The van der Waals surface area contributed by atoms with Crippen molar-refractivity contribution < 1.29 is 24.5 Å². The molecule has 1 aromatic carbocycles. The second-order valence-electron chi connectivity index (χ2n) is 7.16. The number of aromatic nitrogens is 2. The van der Waals surface area contributed by atoms with Crippen LogP contribution >= 0.6 is 0 Å². The molecule has 2 aromatic heterocycles. The number of carbonyl (C=O) groups excluding carboxylic acids is 1. The zero-order valence-corrected chi connectivity index (χ0v) is 15.6. The minimum Gasteiger partial charge on any atom is -0.467 e. The Bertz CT molecular complexity index is 1250. The van der Waals surface area contributed by atoms with Gasteiger partial charge in [0.2, 0.25) is 0 Å². The summed E-state index contributed by atoms with van der Waals surface area (Å²) in [5.41, 5.74) is 0.673. The molecule has 0 unspecified atom stereocenters. The summed E-state index contributed by atoms with van der Waals surface area (Å²) in [6.07, 6.45) is 0.0820. The van der Waals surface area contributed by atoms with Gasteiger partial charge in [-0.15, -0.1) is 0 Å². The van der Waals surface area contributed by atoms with Gasteiger partial charge in [0.1, 0.15) is 12.4 Å². The highest BCUT2D eigenvalue weighted by Crippen LogP contribution is 2.42. The summed E-state index contributed by atoms with van der Waals surface area (Å²) in [4.78, 5) is 30.1. The number of aliphatic hydroxyl groups is 2. The van der Waals surface area contributed by atoms with Crippen molar-refractivity contribution in [2.45, 2.75) is 32.1 Å². The fourth-order valence-electron chi connectivity index (χ4n) is 4.22. The number of fused-ring (bicyclic) bond motifs is 5. The minimum atomic E-state index is -1.87. The first kappa shape index (κ1) is 17.8. The van der Waals surface area contributed by atoms with Crippen LogP contribution in [0.2, 0.25) is 0 Å². The van der Waals surface area contributed by atoms with Gasteiger partial charge in [0.25, 0.3) is 5.56 Å². The maximum Gasteiger partial charge on any atom is 0.343 e. The van der Waals surface area contributed by atoms with Gasteiger partial charge in [0, 0.05) is 16.5 Å². The minimum absolute atomic E-state index is 0.0820. The highest BCUT2D eigenvalue weighted by molar-refractivity contribution is 5.91. The average Bonchev–Trinajstić information content (AvgIpc) is 3.10. The monoisotopic (exact) mass is 394 g/mol. The predicted octanol–water partition coefficient (Wildman–Crippen LogP) is 1.41. The van der Waals surface area contributed by atoms with Crippen molar-refractivity contribution in [2.75, 3.05) is 6.79 Å². The van der Waals surface area contributed by atoms with E-state index in [1.54, 1.807) is 13.0 Å². The summed E-state index contributed by atoms with van der Waals surface area (Å²) in [5, 5.41) is 21.0. The Kier molecular flexibility index (Phi) is 3.77. The molecule has 0 saturated heterocycles. The molecule has 0 fully saturated rings. The van der Waals surface area contributed by atoms with Crippen LogP contribution in [0, 0.1) is 0 Å². The van der Waals surface area contributed by atoms with E-state index in [1.165, 1.54) is 4.57 Å². The SMILES string of the molecule is CC[C@@]1(O)C(=O)OCc2c1cc1n(c2=O)Cc2c-1nc1ccccc1c2OCO. The number of aliphatic hydroxyl groups excluding tert-OH is 1. The number of hydrogen-bond donors (Lipinski definition) is 2. The lowest BCUT2D eigenvalue weighted by Crippen LogP contribution is -2.44. The Morgan fingerprint density at radius 3 is 2.83 bits per heavy atom. The molecule has 0 amide bonds. The standard InChI is InChI=1S/C21H18N2O6/c1-2-21(27)14-7-16-17-12(8-23(16)19(25)13(14)9-28-20(21)26)18(29-10-24)11-5-3-4-6-15(11)22-17/h3-7,24,27H,2,8-10H2,1H3/t21-/m0/s1. The van der Waals surface area contributed by atoms with E-state index in [1.807, 2.05) is 24.3 Å². The first-order valence-electron chi connectivity index (χ1n) is 9.32. The topological polar surface area (TPSA) is 111 Å². The van der Waals surface area contributed by atoms with Crippen molar-refractivity contribution >= 4 is 16.9 Å². The molecular formula is C21H18N2O6. The molecule has 2 N–H and O–H groups in total. The van der Waals surface area contributed by atoms with Crippen LogP contribution in [0.25, 0.3) is 22.3 Å². The van der Waals surface area contributed by atoms with Gasteiger partial charge in [0.15, 0.2) is 12.4 Å². The van der Waals surface area contributed by atoms with E-state index >= 15 is 0 Å². The summed E-state index contributed by atoms with van der Waals surface area (Å²) >= 11 is 0. The molecule has 0 spiro atoms. The van der Waals surface area contributed by atoms with Gasteiger partial charge in [-0.05, 0) is 24.6 Å². The fourth-order valence-corrected chi connectivity index (χ4v) is 4.22. The number of cyclic esters (lactones) is 1. The summed E-state index contributed by atoms with van der Waals surface area (Å²) in [5.74, 6) is -0.293. The molecule has 1 atom stereocenters. The lowest BCUT2D eigenvalue weighted by molar-refractivity contribution is -0.172. The van der Waals surface area contributed by atoms with Gasteiger partial charge in [-0.3, -0.25) is 4.79 Å². The van der Waals surface area contributed by atoms with Gasteiger partial charge >= 0.3 is 5.97 Å². The number of benzene rings is 1. The number of rotatable bonds is 3. The van der Waals surface area contributed by atoms with Crippen LogP contribution in [0.4, 0.5) is 0 Å². The zero-order valence-electron chi connectivity index (χ0n) is 15.6. The third-order valence-electron chi connectivity index (χ3n) is 5.75. The lowest BCUT2D eigenvalue weighted by Gasteiger charge is -2.31. The third-order valence-corrected chi connectivity index (χ3v) is 5.75. The Labute approximate surface area is 165 Å². The van der Waals surface area contributed by atoms with E-state index in [0.717, 1.165) is 5.39 Å². The lowest BCUT2D eigenvalue weighted by atomic mass is 9.86. The van der Waals surface area contributed by atoms with Crippen LogP contribution in [0.5, 0.6) is 5.75 Å². The maximum atomic E-state index is 13.2. The fraction of sp³-hybridized carbons (Fsp3) is 0.286. The Morgan fingerprint density at radius 1 is 1.28 bits per heavy atom. The van der Waals surface area contributed by atoms with Crippen LogP contribution in [0.1, 0.15) is 30.0 Å². The summed E-state index contributed by atoms with van der Waals surface area (Å²) in [6.45, 7) is 1.18. The molecule has 8 nitrogen and oxygen atoms in total. The van der Waals surface area contributed by atoms with E-state index in [-0.39, 0.29) is 36.3 Å². The maximum absolute atomic E-state index is 13.2. The first-order chi connectivity index (χ1) is 14.0. The van der Waals surface area contributed by atoms with E-state index in [9.17, 15) is 19.8 Å². The van der Waals surface area contributed by atoms with Crippen molar-refractivity contribution in [3.63, 3.8) is 0 Å². The van der Waals surface area contributed by atoms with E-state index < -0.39 is 18.4 Å². The zero-order chi connectivity index (χ0) is 20.3. The normalized spacial score (nSPS) is 19.5. The van der Waals surface area contributed by atoms with E-state index in [0.29, 0.717) is 28.2 Å². The summed E-state index contributed by atoms with van der Waals surface area (Å²) in [6, 6.07) is 8.99. The van der Waals surface area contributed by atoms with Gasteiger partial charge in [-0.2, -0.15) is 0 Å². The number of esters is 1. The number of carbonyl (C=O) groups is 1. The molecule has 0 saturated carbocycles. The highest BCUT2D eigenvalue weighted by Gasteiger charge is 2.45. The van der Waals surface area contributed by atoms with E-state index in [4.69, 9.17) is 14.5 Å². The second kappa shape index (κ2) is 6.13. The highest BCUT2D eigenvalue weighted by atomic mass is 16.6. The molecular weight excluding hydrogens is 376 g/mol.